The Kier molecular flexibility index (Phi) is 4.44. The van der Waals surface area contributed by atoms with E-state index < -0.39 is 24.1 Å². The number of amides is 1. The first-order chi connectivity index (χ1) is 11.2. The van der Waals surface area contributed by atoms with Crippen molar-refractivity contribution in [2.75, 3.05) is 13.1 Å². The summed E-state index contributed by atoms with van der Waals surface area (Å²) in [5.41, 5.74) is -0.450. The molecular weight excluding hydrogens is 310 g/mol. The van der Waals surface area contributed by atoms with Crippen LogP contribution in [-0.4, -0.2) is 43.4 Å². The molecule has 2 aliphatic rings. The van der Waals surface area contributed by atoms with Crippen LogP contribution in [0.3, 0.4) is 0 Å². The van der Waals surface area contributed by atoms with Crippen LogP contribution in [0.1, 0.15) is 44.5 Å². The standard InChI is InChI=1S/C17H24BFN2O3/c1-16(2)17(3,4)24-18(23-16)13-9-11(5-6-14(13)19)15(22)21-12-7-8-20-10-12/h5-6,9,12,20H,7-8,10H2,1-4H3,(H,21,22). The van der Waals surface area contributed by atoms with Crippen LogP contribution in [0.25, 0.3) is 0 Å². The normalized spacial score (nSPS) is 25.0. The Morgan fingerprint density at radius 3 is 2.54 bits per heavy atom. The molecule has 2 heterocycles. The van der Waals surface area contributed by atoms with Crippen molar-refractivity contribution in [2.24, 2.45) is 0 Å². The van der Waals surface area contributed by atoms with Crippen LogP contribution in [0.15, 0.2) is 18.2 Å². The Hall–Kier alpha value is -1.44. The monoisotopic (exact) mass is 334 g/mol. The maximum atomic E-state index is 14.3. The van der Waals surface area contributed by atoms with Crippen molar-refractivity contribution in [3.05, 3.63) is 29.6 Å². The fourth-order valence-corrected chi connectivity index (χ4v) is 2.88. The molecule has 24 heavy (non-hydrogen) atoms. The highest BCUT2D eigenvalue weighted by atomic mass is 19.1. The Morgan fingerprint density at radius 2 is 1.96 bits per heavy atom. The topological polar surface area (TPSA) is 59.6 Å². The average molecular weight is 334 g/mol. The molecule has 2 saturated heterocycles. The summed E-state index contributed by atoms with van der Waals surface area (Å²) in [7, 11) is -0.823. The average Bonchev–Trinajstić information content (AvgIpc) is 3.05. The van der Waals surface area contributed by atoms with Gasteiger partial charge in [-0.25, -0.2) is 4.39 Å². The Morgan fingerprint density at radius 1 is 1.29 bits per heavy atom. The molecule has 0 aromatic heterocycles. The molecule has 0 radical (unpaired) electrons. The van der Waals surface area contributed by atoms with E-state index in [0.29, 0.717) is 5.56 Å². The van der Waals surface area contributed by atoms with Crippen LogP contribution in [0.5, 0.6) is 0 Å². The molecule has 0 aliphatic carbocycles. The second-order valence-corrected chi connectivity index (χ2v) is 7.49. The lowest BCUT2D eigenvalue weighted by Crippen LogP contribution is -2.41. The van der Waals surface area contributed by atoms with Crippen molar-refractivity contribution < 1.29 is 18.5 Å². The minimum absolute atomic E-state index is 0.114. The van der Waals surface area contributed by atoms with E-state index in [1.54, 1.807) is 0 Å². The lowest BCUT2D eigenvalue weighted by atomic mass is 9.78. The van der Waals surface area contributed by atoms with Crippen molar-refractivity contribution in [2.45, 2.75) is 51.4 Å². The molecule has 2 fully saturated rings. The first kappa shape index (κ1) is 17.4. The van der Waals surface area contributed by atoms with E-state index in [1.165, 1.54) is 18.2 Å². The number of hydrogen-bond acceptors (Lipinski definition) is 4. The van der Waals surface area contributed by atoms with Gasteiger partial charge in [0.15, 0.2) is 0 Å². The van der Waals surface area contributed by atoms with Gasteiger partial charge in [0.1, 0.15) is 5.82 Å². The van der Waals surface area contributed by atoms with E-state index in [-0.39, 0.29) is 17.4 Å². The summed E-state index contributed by atoms with van der Waals surface area (Å²) in [6.45, 7) is 9.30. The summed E-state index contributed by atoms with van der Waals surface area (Å²) in [4.78, 5) is 12.4. The van der Waals surface area contributed by atoms with Crippen molar-refractivity contribution in [1.82, 2.24) is 10.6 Å². The van der Waals surface area contributed by atoms with Gasteiger partial charge >= 0.3 is 7.12 Å². The molecule has 1 aromatic carbocycles. The van der Waals surface area contributed by atoms with Crippen LogP contribution in [0, 0.1) is 5.82 Å². The first-order valence-electron chi connectivity index (χ1n) is 8.36. The Bertz CT molecular complexity index is 629. The molecule has 2 N–H and O–H groups in total. The van der Waals surface area contributed by atoms with Crippen molar-refractivity contribution >= 4 is 18.5 Å². The summed E-state index contributed by atoms with van der Waals surface area (Å²) in [6, 6.07) is 4.42. The Balaban J connectivity index is 1.81. The summed E-state index contributed by atoms with van der Waals surface area (Å²) < 4.78 is 26.1. The maximum absolute atomic E-state index is 14.3. The molecule has 130 valence electrons. The molecule has 3 rings (SSSR count). The number of halogens is 1. The van der Waals surface area contributed by atoms with E-state index in [1.807, 2.05) is 27.7 Å². The Labute approximate surface area is 142 Å². The van der Waals surface area contributed by atoms with Gasteiger partial charge in [0.05, 0.1) is 11.2 Å². The third-order valence-electron chi connectivity index (χ3n) is 5.16. The van der Waals surface area contributed by atoms with Crippen LogP contribution in [0.2, 0.25) is 0 Å². The highest BCUT2D eigenvalue weighted by Crippen LogP contribution is 2.36. The number of benzene rings is 1. The molecule has 1 aromatic rings. The quantitative estimate of drug-likeness (QED) is 0.816. The van der Waals surface area contributed by atoms with E-state index in [9.17, 15) is 9.18 Å². The summed E-state index contributed by atoms with van der Waals surface area (Å²) in [5.74, 6) is -0.644. The van der Waals surface area contributed by atoms with Gasteiger partial charge in [0.25, 0.3) is 5.91 Å². The minimum Gasteiger partial charge on any atom is -0.399 e. The molecule has 5 nitrogen and oxygen atoms in total. The molecule has 1 unspecified atom stereocenters. The fourth-order valence-electron chi connectivity index (χ4n) is 2.88. The van der Waals surface area contributed by atoms with E-state index >= 15 is 0 Å². The number of nitrogens with one attached hydrogen (secondary N) is 2. The highest BCUT2D eigenvalue weighted by molar-refractivity contribution is 6.62. The van der Waals surface area contributed by atoms with Crippen molar-refractivity contribution in [1.29, 1.82) is 0 Å². The van der Waals surface area contributed by atoms with Crippen molar-refractivity contribution in [3.63, 3.8) is 0 Å². The molecule has 0 saturated carbocycles. The number of hydrogen-bond donors (Lipinski definition) is 2. The summed E-state index contributed by atoms with van der Waals surface area (Å²) in [5, 5.41) is 6.16. The largest absolute Gasteiger partial charge is 0.497 e. The van der Waals surface area contributed by atoms with E-state index in [2.05, 4.69) is 10.6 Å². The fraction of sp³-hybridized carbons (Fsp3) is 0.588. The van der Waals surface area contributed by atoms with Crippen LogP contribution in [0.4, 0.5) is 4.39 Å². The molecule has 1 amide bonds. The molecule has 2 aliphatic heterocycles. The van der Waals surface area contributed by atoms with Gasteiger partial charge in [-0.05, 0) is 58.9 Å². The second kappa shape index (κ2) is 6.13. The molecule has 1 atom stereocenters. The third-order valence-corrected chi connectivity index (χ3v) is 5.16. The van der Waals surface area contributed by atoms with E-state index in [0.717, 1.165) is 19.5 Å². The SMILES string of the molecule is CC1(C)OB(c2cc(C(=O)NC3CCNC3)ccc2F)OC1(C)C. The van der Waals surface area contributed by atoms with Gasteiger partial charge in [0.2, 0.25) is 0 Å². The van der Waals surface area contributed by atoms with Gasteiger partial charge < -0.3 is 19.9 Å². The molecule has 0 spiro atoms. The number of carbonyl (C=O) groups excluding carboxylic acids is 1. The van der Waals surface area contributed by atoms with Crippen molar-refractivity contribution in [3.8, 4) is 0 Å². The van der Waals surface area contributed by atoms with Gasteiger partial charge in [-0.2, -0.15) is 0 Å². The van der Waals surface area contributed by atoms with E-state index in [4.69, 9.17) is 9.31 Å². The number of rotatable bonds is 3. The minimum atomic E-state index is -0.823. The van der Waals surface area contributed by atoms with Gasteiger partial charge in [-0.3, -0.25) is 4.79 Å². The zero-order valence-corrected chi connectivity index (χ0v) is 14.6. The second-order valence-electron chi connectivity index (χ2n) is 7.49. The summed E-state index contributed by atoms with van der Waals surface area (Å²) in [6.07, 6.45) is 0.900. The lowest BCUT2D eigenvalue weighted by Gasteiger charge is -2.32. The predicted molar refractivity (Wildman–Crippen MR) is 90.9 cm³/mol. The zero-order valence-electron chi connectivity index (χ0n) is 14.6. The summed E-state index contributed by atoms with van der Waals surface area (Å²) >= 11 is 0. The maximum Gasteiger partial charge on any atom is 0.497 e. The van der Waals surface area contributed by atoms with Gasteiger partial charge in [-0.15, -0.1) is 0 Å². The van der Waals surface area contributed by atoms with Crippen LogP contribution >= 0.6 is 0 Å². The lowest BCUT2D eigenvalue weighted by molar-refractivity contribution is 0.00578. The van der Waals surface area contributed by atoms with Gasteiger partial charge in [-0.1, -0.05) is 0 Å². The van der Waals surface area contributed by atoms with Gasteiger partial charge in [0, 0.05) is 23.6 Å². The third kappa shape index (κ3) is 3.20. The molecular formula is C17H24BFN2O3. The smallest absolute Gasteiger partial charge is 0.399 e. The number of carbonyl (C=O) groups is 1. The van der Waals surface area contributed by atoms with Crippen LogP contribution in [-0.2, 0) is 9.31 Å². The highest BCUT2D eigenvalue weighted by Gasteiger charge is 2.52. The zero-order chi connectivity index (χ0) is 17.5. The van der Waals surface area contributed by atoms with Crippen LogP contribution < -0.4 is 16.1 Å². The molecule has 0 bridgehead atoms. The predicted octanol–water partition coefficient (Wildman–Crippen LogP) is 1.22. The first-order valence-corrected chi connectivity index (χ1v) is 8.36. The molecule has 7 heteroatoms.